The number of nitrogens with zero attached hydrogens (tertiary/aromatic N) is 2. The van der Waals surface area contributed by atoms with Crippen LogP contribution in [0.3, 0.4) is 0 Å². The molecule has 2 heterocycles. The SMILES string of the molecule is C[n+]1c(C=C2C=C3C=C(C=C4Sc5ccccc5N4CC(=O)[O-])CCC3CC2)sc2ccccc21. The lowest BCUT2D eigenvalue weighted by Gasteiger charge is -2.28. The largest absolute Gasteiger partial charge is 0.548 e. The smallest absolute Gasteiger partial charge is 0.262 e. The molecule has 0 N–H and O–H groups in total. The number of carbonyl (C=O) groups is 1. The number of benzene rings is 2. The van der Waals surface area contributed by atoms with Crippen molar-refractivity contribution in [1.29, 1.82) is 0 Å². The summed E-state index contributed by atoms with van der Waals surface area (Å²) in [5.41, 5.74) is 6.26. The molecule has 2 aliphatic carbocycles. The number of fused-ring (bicyclic) bond motifs is 3. The van der Waals surface area contributed by atoms with Gasteiger partial charge in [-0.25, -0.2) is 0 Å². The first-order valence-corrected chi connectivity index (χ1v) is 13.6. The van der Waals surface area contributed by atoms with Crippen LogP contribution in [-0.2, 0) is 11.8 Å². The third-order valence-corrected chi connectivity index (χ3v) is 9.33. The summed E-state index contributed by atoms with van der Waals surface area (Å²) in [5, 5.41) is 13.7. The average Bonchev–Trinajstić information content (AvgIpc) is 3.35. The molecule has 0 bridgehead atoms. The van der Waals surface area contributed by atoms with E-state index in [0.29, 0.717) is 5.92 Å². The predicted molar refractivity (Wildman–Crippen MR) is 142 cm³/mol. The summed E-state index contributed by atoms with van der Waals surface area (Å²) in [6, 6.07) is 16.5. The van der Waals surface area contributed by atoms with E-state index in [9.17, 15) is 9.90 Å². The maximum atomic E-state index is 11.4. The first-order valence-electron chi connectivity index (χ1n) is 12.0. The molecule has 0 amide bonds. The molecule has 1 unspecified atom stereocenters. The van der Waals surface area contributed by atoms with Gasteiger partial charge in [-0.3, -0.25) is 0 Å². The maximum Gasteiger partial charge on any atom is 0.262 e. The lowest BCUT2D eigenvalue weighted by atomic mass is 9.77. The quantitative estimate of drug-likeness (QED) is 0.454. The molecule has 176 valence electrons. The van der Waals surface area contributed by atoms with Gasteiger partial charge in [-0.05, 0) is 72.6 Å². The number of carbonyl (C=O) groups excluding carboxylic acids is 1. The number of thioether (sulfide) groups is 1. The molecule has 1 aliphatic heterocycles. The van der Waals surface area contributed by atoms with Crippen molar-refractivity contribution in [3.05, 3.63) is 93.5 Å². The van der Waals surface area contributed by atoms with Crippen LogP contribution < -0.4 is 14.6 Å². The second kappa shape index (κ2) is 9.17. The minimum absolute atomic E-state index is 0.131. The predicted octanol–water partition coefficient (Wildman–Crippen LogP) is 5.37. The Bertz CT molecular complexity index is 1460. The van der Waals surface area contributed by atoms with Crippen LogP contribution in [0.5, 0.6) is 0 Å². The summed E-state index contributed by atoms with van der Waals surface area (Å²) in [6.45, 7) is -0.131. The molecule has 0 radical (unpaired) electrons. The number of allylic oxidation sites excluding steroid dienone is 6. The highest BCUT2D eigenvalue weighted by Gasteiger charge is 2.27. The van der Waals surface area contributed by atoms with E-state index >= 15 is 0 Å². The second-order valence-electron chi connectivity index (χ2n) is 9.33. The second-order valence-corrected chi connectivity index (χ2v) is 11.5. The fourth-order valence-corrected chi connectivity index (χ4v) is 7.52. The molecule has 0 saturated carbocycles. The minimum atomic E-state index is -1.06. The van der Waals surface area contributed by atoms with E-state index in [-0.39, 0.29) is 6.54 Å². The standard InChI is InChI=1S/C29H26N2O2S2/c1-30-23-6-2-4-8-25(23)34-27(30)16-19-10-12-21-13-11-20(15-22(21)14-19)17-28-31(18-29(32)33)24-7-3-5-9-26(24)35-28/h2-9,14-17,21H,10-13,18H2,1H3. The fraction of sp³-hybridized carbons (Fsp3) is 0.241. The Morgan fingerprint density at radius 1 is 1.09 bits per heavy atom. The number of carboxylic acid groups (broad SMARTS) is 1. The molecule has 0 saturated heterocycles. The summed E-state index contributed by atoms with van der Waals surface area (Å²) in [5.74, 6) is -0.455. The van der Waals surface area contributed by atoms with Crippen LogP contribution in [0.25, 0.3) is 16.3 Å². The molecular weight excluding hydrogens is 472 g/mol. The molecule has 1 aromatic heterocycles. The number of hydrogen-bond donors (Lipinski definition) is 0. The highest BCUT2D eigenvalue weighted by Crippen LogP contribution is 2.47. The van der Waals surface area contributed by atoms with Crippen LogP contribution in [0, 0.1) is 5.92 Å². The Morgan fingerprint density at radius 2 is 1.89 bits per heavy atom. The summed E-state index contributed by atoms with van der Waals surface area (Å²) in [6.07, 6.45) is 13.7. The topological polar surface area (TPSA) is 47.2 Å². The van der Waals surface area contributed by atoms with Crippen molar-refractivity contribution >= 4 is 51.0 Å². The first kappa shape index (κ1) is 22.4. The summed E-state index contributed by atoms with van der Waals surface area (Å²) < 4.78 is 3.59. The monoisotopic (exact) mass is 498 g/mol. The van der Waals surface area contributed by atoms with Crippen LogP contribution in [0.15, 0.2) is 93.4 Å². The lowest BCUT2D eigenvalue weighted by molar-refractivity contribution is -0.642. The number of carboxylic acids is 1. The molecule has 2 aromatic carbocycles. The molecule has 4 nitrogen and oxygen atoms in total. The number of para-hydroxylation sites is 2. The molecular formula is C29H26N2O2S2. The number of hydrogen-bond acceptors (Lipinski definition) is 5. The highest BCUT2D eigenvalue weighted by molar-refractivity contribution is 8.03. The van der Waals surface area contributed by atoms with Gasteiger partial charge >= 0.3 is 0 Å². The van der Waals surface area contributed by atoms with Gasteiger partial charge in [-0.15, -0.1) is 0 Å². The number of rotatable bonds is 4. The van der Waals surface area contributed by atoms with Crippen LogP contribution in [0.1, 0.15) is 30.7 Å². The number of thiazole rings is 1. The first-order chi connectivity index (χ1) is 17.0. The van der Waals surface area contributed by atoms with E-state index in [1.807, 2.05) is 40.5 Å². The molecule has 0 fully saturated rings. The van der Waals surface area contributed by atoms with Gasteiger partial charge in [-0.2, -0.15) is 4.57 Å². The van der Waals surface area contributed by atoms with Crippen LogP contribution in [0.4, 0.5) is 5.69 Å². The molecule has 1 atom stereocenters. The van der Waals surface area contributed by atoms with Gasteiger partial charge < -0.3 is 14.8 Å². The summed E-state index contributed by atoms with van der Waals surface area (Å²) in [7, 11) is 2.14. The Labute approximate surface area is 213 Å². The van der Waals surface area contributed by atoms with Crippen molar-refractivity contribution in [3.8, 4) is 0 Å². The maximum absolute atomic E-state index is 11.4. The van der Waals surface area contributed by atoms with Gasteiger partial charge in [0.15, 0.2) is 0 Å². The fourth-order valence-electron chi connectivity index (χ4n) is 5.25. The third-order valence-electron chi connectivity index (χ3n) is 7.05. The lowest BCUT2D eigenvalue weighted by Crippen LogP contribution is -2.36. The van der Waals surface area contributed by atoms with Gasteiger partial charge in [-0.1, -0.05) is 59.5 Å². The van der Waals surface area contributed by atoms with E-state index in [4.69, 9.17) is 0 Å². The number of aromatic nitrogens is 1. The van der Waals surface area contributed by atoms with E-state index in [1.54, 1.807) is 11.8 Å². The Balaban J connectivity index is 1.31. The minimum Gasteiger partial charge on any atom is -0.548 e. The molecule has 3 aliphatic rings. The van der Waals surface area contributed by atoms with Crippen molar-refractivity contribution < 1.29 is 14.5 Å². The van der Waals surface area contributed by atoms with Crippen molar-refractivity contribution in [3.63, 3.8) is 0 Å². The Hall–Kier alpha value is -3.09. The molecule has 6 rings (SSSR count). The van der Waals surface area contributed by atoms with E-state index in [1.165, 1.54) is 38.4 Å². The van der Waals surface area contributed by atoms with Crippen molar-refractivity contribution in [2.24, 2.45) is 13.0 Å². The third kappa shape index (κ3) is 4.37. The molecule has 0 spiro atoms. The van der Waals surface area contributed by atoms with Crippen LogP contribution in [-0.4, -0.2) is 12.5 Å². The van der Waals surface area contributed by atoms with Crippen molar-refractivity contribution in [2.45, 2.75) is 30.6 Å². The van der Waals surface area contributed by atoms with Crippen molar-refractivity contribution in [1.82, 2.24) is 0 Å². The molecule has 35 heavy (non-hydrogen) atoms. The van der Waals surface area contributed by atoms with Gasteiger partial charge in [0.1, 0.15) is 11.7 Å². The number of anilines is 1. The van der Waals surface area contributed by atoms with Gasteiger partial charge in [0, 0.05) is 17.0 Å². The van der Waals surface area contributed by atoms with Gasteiger partial charge in [0.05, 0.1) is 23.2 Å². The number of aryl methyl sites for hydroxylation is 1. The van der Waals surface area contributed by atoms with Crippen LogP contribution in [0.2, 0.25) is 0 Å². The Kier molecular flexibility index (Phi) is 5.86. The average molecular weight is 499 g/mol. The Morgan fingerprint density at radius 3 is 2.74 bits per heavy atom. The zero-order valence-corrected chi connectivity index (χ0v) is 21.2. The van der Waals surface area contributed by atoms with Crippen molar-refractivity contribution in [2.75, 3.05) is 11.4 Å². The highest BCUT2D eigenvalue weighted by atomic mass is 32.2. The van der Waals surface area contributed by atoms with Gasteiger partial charge in [0.25, 0.3) is 5.01 Å². The zero-order valence-electron chi connectivity index (χ0n) is 19.6. The summed E-state index contributed by atoms with van der Waals surface area (Å²) >= 11 is 3.48. The zero-order chi connectivity index (χ0) is 23.9. The van der Waals surface area contributed by atoms with E-state index in [2.05, 4.69) is 60.2 Å². The van der Waals surface area contributed by atoms with E-state index < -0.39 is 5.97 Å². The van der Waals surface area contributed by atoms with Crippen LogP contribution >= 0.6 is 23.1 Å². The number of aliphatic carboxylic acids is 1. The molecule has 6 heteroatoms. The molecule has 3 aromatic rings. The normalized spacial score (nSPS) is 21.7. The summed E-state index contributed by atoms with van der Waals surface area (Å²) in [4.78, 5) is 14.4. The van der Waals surface area contributed by atoms with Gasteiger partial charge in [0.2, 0.25) is 5.52 Å². The van der Waals surface area contributed by atoms with E-state index in [0.717, 1.165) is 34.9 Å².